The van der Waals surface area contributed by atoms with Gasteiger partial charge in [0, 0.05) is 17.4 Å². The maximum atomic E-state index is 12.8. The smallest absolute Gasteiger partial charge is 0.308 e. The molecular formula is C21H21N3O3. The number of amides is 4. The molecule has 27 heavy (non-hydrogen) atoms. The summed E-state index contributed by atoms with van der Waals surface area (Å²) >= 11 is 0. The Morgan fingerprint density at radius 1 is 0.815 bits per heavy atom. The van der Waals surface area contributed by atoms with Crippen molar-refractivity contribution < 1.29 is 14.4 Å². The molecule has 4 amide bonds. The van der Waals surface area contributed by atoms with Gasteiger partial charge in [0.2, 0.25) is 0 Å². The van der Waals surface area contributed by atoms with E-state index in [1.807, 2.05) is 18.2 Å². The van der Waals surface area contributed by atoms with E-state index in [0.29, 0.717) is 22.5 Å². The van der Waals surface area contributed by atoms with Crippen LogP contribution in [0, 0.1) is 0 Å². The molecule has 6 nitrogen and oxygen atoms in total. The van der Waals surface area contributed by atoms with Gasteiger partial charge in [0.05, 0.1) is 11.1 Å². The predicted molar refractivity (Wildman–Crippen MR) is 103 cm³/mol. The van der Waals surface area contributed by atoms with Gasteiger partial charge in [0.15, 0.2) is 0 Å². The van der Waals surface area contributed by atoms with Crippen LogP contribution in [0.3, 0.4) is 0 Å². The fourth-order valence-corrected chi connectivity index (χ4v) is 3.82. The van der Waals surface area contributed by atoms with Gasteiger partial charge in [0.1, 0.15) is 0 Å². The lowest BCUT2D eigenvalue weighted by Crippen LogP contribution is -2.40. The summed E-state index contributed by atoms with van der Waals surface area (Å²) in [6, 6.07) is 13.5. The van der Waals surface area contributed by atoms with Crippen molar-refractivity contribution in [2.24, 2.45) is 0 Å². The van der Waals surface area contributed by atoms with E-state index in [9.17, 15) is 14.4 Å². The average molecular weight is 363 g/mol. The molecule has 0 radical (unpaired) electrons. The Kier molecular flexibility index (Phi) is 4.62. The fourth-order valence-electron chi connectivity index (χ4n) is 3.82. The van der Waals surface area contributed by atoms with E-state index in [2.05, 4.69) is 10.6 Å². The number of nitrogens with zero attached hydrogens (tertiary/aromatic N) is 1. The van der Waals surface area contributed by atoms with Crippen molar-refractivity contribution in [3.8, 4) is 0 Å². The number of rotatable bonds is 3. The van der Waals surface area contributed by atoms with Crippen LogP contribution in [0.5, 0.6) is 0 Å². The second-order valence-electron chi connectivity index (χ2n) is 6.98. The fraction of sp³-hybridized carbons (Fsp3) is 0.286. The number of imide groups is 1. The van der Waals surface area contributed by atoms with Crippen LogP contribution in [0.4, 0.5) is 16.2 Å². The lowest BCUT2D eigenvalue weighted by Gasteiger charge is -2.29. The number of fused-ring (bicyclic) bond motifs is 1. The summed E-state index contributed by atoms with van der Waals surface area (Å²) in [6.07, 6.45) is 4.99. The zero-order valence-corrected chi connectivity index (χ0v) is 14.9. The van der Waals surface area contributed by atoms with Crippen LogP contribution in [-0.4, -0.2) is 28.8 Å². The number of anilines is 2. The second-order valence-corrected chi connectivity index (χ2v) is 6.98. The summed E-state index contributed by atoms with van der Waals surface area (Å²) < 4.78 is 0. The Balaban J connectivity index is 1.50. The van der Waals surface area contributed by atoms with Crippen molar-refractivity contribution in [3.05, 3.63) is 59.7 Å². The van der Waals surface area contributed by atoms with Gasteiger partial charge in [-0.3, -0.25) is 14.5 Å². The number of hydrogen-bond donors (Lipinski definition) is 2. The number of urea groups is 1. The third-order valence-electron chi connectivity index (χ3n) is 5.15. The number of carbonyl (C=O) groups is 3. The summed E-state index contributed by atoms with van der Waals surface area (Å²) in [6.45, 7) is 0. The third kappa shape index (κ3) is 3.43. The zero-order valence-electron chi connectivity index (χ0n) is 14.9. The van der Waals surface area contributed by atoms with Gasteiger partial charge in [-0.1, -0.05) is 37.5 Å². The minimum Gasteiger partial charge on any atom is -0.308 e. The van der Waals surface area contributed by atoms with E-state index in [0.717, 1.165) is 32.1 Å². The van der Waals surface area contributed by atoms with Crippen molar-refractivity contribution >= 4 is 29.2 Å². The largest absolute Gasteiger partial charge is 0.323 e. The van der Waals surface area contributed by atoms with Gasteiger partial charge in [-0.2, -0.15) is 0 Å². The molecule has 4 rings (SSSR count). The normalized spacial score (nSPS) is 17.0. The van der Waals surface area contributed by atoms with Gasteiger partial charge in [-0.05, 0) is 43.2 Å². The molecule has 138 valence electrons. The first-order chi connectivity index (χ1) is 13.1. The lowest BCUT2D eigenvalue weighted by atomic mass is 9.94. The van der Waals surface area contributed by atoms with Crippen molar-refractivity contribution in [3.63, 3.8) is 0 Å². The Labute approximate surface area is 157 Å². The van der Waals surface area contributed by atoms with Crippen LogP contribution in [0.25, 0.3) is 0 Å². The Morgan fingerprint density at radius 2 is 1.48 bits per heavy atom. The molecule has 0 unspecified atom stereocenters. The van der Waals surface area contributed by atoms with Crippen LogP contribution < -0.4 is 10.6 Å². The molecule has 1 aliphatic heterocycles. The van der Waals surface area contributed by atoms with E-state index in [4.69, 9.17) is 0 Å². The number of hydrogen-bond acceptors (Lipinski definition) is 3. The predicted octanol–water partition coefficient (Wildman–Crippen LogP) is 4.26. The number of benzene rings is 2. The maximum absolute atomic E-state index is 12.8. The first kappa shape index (κ1) is 17.3. The monoisotopic (exact) mass is 363 g/mol. The highest BCUT2D eigenvalue weighted by molar-refractivity contribution is 6.22. The van der Waals surface area contributed by atoms with E-state index in [1.54, 1.807) is 30.3 Å². The van der Waals surface area contributed by atoms with Gasteiger partial charge < -0.3 is 10.6 Å². The molecule has 2 aromatic rings. The lowest BCUT2D eigenvalue weighted by molar-refractivity contribution is 0.0549. The summed E-state index contributed by atoms with van der Waals surface area (Å²) in [5, 5.41) is 5.44. The zero-order chi connectivity index (χ0) is 18.8. The number of nitrogens with one attached hydrogen (secondary N) is 2. The standard InChI is InChI=1S/C21H21N3O3/c25-19-17-12-11-15(23-21(27)22-14-7-3-1-4-8-14)13-18(17)20(26)24(19)16-9-5-2-6-10-16/h1,3-4,7-8,11-13,16H,2,5-6,9-10H2,(H2,22,23,27). The highest BCUT2D eigenvalue weighted by atomic mass is 16.2. The molecule has 0 atom stereocenters. The van der Waals surface area contributed by atoms with E-state index in [1.165, 1.54) is 4.90 Å². The molecule has 1 saturated carbocycles. The molecule has 0 aromatic heterocycles. The van der Waals surface area contributed by atoms with Gasteiger partial charge in [-0.15, -0.1) is 0 Å². The molecule has 6 heteroatoms. The Bertz CT molecular complexity index is 889. The van der Waals surface area contributed by atoms with Gasteiger partial charge in [-0.25, -0.2) is 4.79 Å². The van der Waals surface area contributed by atoms with Crippen molar-refractivity contribution in [1.29, 1.82) is 0 Å². The highest BCUT2D eigenvalue weighted by Gasteiger charge is 2.40. The maximum Gasteiger partial charge on any atom is 0.323 e. The topological polar surface area (TPSA) is 78.5 Å². The van der Waals surface area contributed by atoms with Crippen LogP contribution >= 0.6 is 0 Å². The molecule has 1 heterocycles. The summed E-state index contributed by atoms with van der Waals surface area (Å²) in [7, 11) is 0. The quantitative estimate of drug-likeness (QED) is 0.800. The Morgan fingerprint density at radius 3 is 2.22 bits per heavy atom. The molecule has 0 saturated heterocycles. The molecular weight excluding hydrogens is 342 g/mol. The minimum absolute atomic E-state index is 0.0102. The van der Waals surface area contributed by atoms with E-state index >= 15 is 0 Å². The van der Waals surface area contributed by atoms with E-state index in [-0.39, 0.29) is 17.9 Å². The first-order valence-electron chi connectivity index (χ1n) is 9.28. The minimum atomic E-state index is -0.401. The molecule has 0 bridgehead atoms. The molecule has 2 aliphatic rings. The van der Waals surface area contributed by atoms with Crippen LogP contribution in [0.1, 0.15) is 52.8 Å². The third-order valence-corrected chi connectivity index (χ3v) is 5.15. The van der Waals surface area contributed by atoms with Crippen LogP contribution in [0.15, 0.2) is 48.5 Å². The highest BCUT2D eigenvalue weighted by Crippen LogP contribution is 2.32. The molecule has 2 aromatic carbocycles. The molecule has 2 N–H and O–H groups in total. The van der Waals surface area contributed by atoms with Crippen molar-refractivity contribution in [2.75, 3.05) is 10.6 Å². The van der Waals surface area contributed by atoms with Crippen LogP contribution in [-0.2, 0) is 0 Å². The molecule has 1 aliphatic carbocycles. The van der Waals surface area contributed by atoms with Gasteiger partial charge in [0.25, 0.3) is 11.8 Å². The number of carbonyl (C=O) groups excluding carboxylic acids is 3. The average Bonchev–Trinajstić information content (AvgIpc) is 2.93. The van der Waals surface area contributed by atoms with Gasteiger partial charge >= 0.3 is 6.03 Å². The summed E-state index contributed by atoms with van der Waals surface area (Å²) in [5.41, 5.74) is 1.93. The van der Waals surface area contributed by atoms with E-state index < -0.39 is 6.03 Å². The van der Waals surface area contributed by atoms with Crippen molar-refractivity contribution in [1.82, 2.24) is 4.90 Å². The first-order valence-corrected chi connectivity index (χ1v) is 9.28. The molecule has 1 fully saturated rings. The summed E-state index contributed by atoms with van der Waals surface area (Å²) in [4.78, 5) is 39.1. The summed E-state index contributed by atoms with van der Waals surface area (Å²) in [5.74, 6) is -0.476. The SMILES string of the molecule is O=C(Nc1ccccc1)Nc1ccc2c(c1)C(=O)N(C1CCCCC1)C2=O. The van der Waals surface area contributed by atoms with Crippen LogP contribution in [0.2, 0.25) is 0 Å². The number of para-hydroxylation sites is 1. The molecule has 0 spiro atoms. The van der Waals surface area contributed by atoms with Crippen molar-refractivity contribution in [2.45, 2.75) is 38.1 Å². The Hall–Kier alpha value is -3.15. The second kappa shape index (κ2) is 7.23.